The molecule has 98 valence electrons. The fourth-order valence-corrected chi connectivity index (χ4v) is 2.57. The number of ketones is 1. The van der Waals surface area contributed by atoms with E-state index in [0.717, 1.165) is 5.56 Å². The lowest BCUT2D eigenvalue weighted by atomic mass is 9.87. The van der Waals surface area contributed by atoms with Crippen LogP contribution in [0.2, 0.25) is 0 Å². The largest absolute Gasteiger partial charge is 0.296 e. The molecule has 3 atom stereocenters. The van der Waals surface area contributed by atoms with Gasteiger partial charge in [-0.25, -0.2) is 5.06 Å². The number of rotatable bonds is 3. The van der Waals surface area contributed by atoms with E-state index >= 15 is 0 Å². The van der Waals surface area contributed by atoms with Crippen LogP contribution in [0.4, 0.5) is 0 Å². The van der Waals surface area contributed by atoms with Crippen molar-refractivity contribution in [2.24, 2.45) is 11.8 Å². The number of hydrogen-bond donors (Lipinski definition) is 0. The predicted octanol–water partition coefficient (Wildman–Crippen LogP) is 1.72. The first-order valence-corrected chi connectivity index (χ1v) is 6.40. The average molecular weight is 257 g/mol. The molecule has 0 saturated carbocycles. The maximum Gasteiger partial charge on any atom is 0.251 e. The van der Waals surface area contributed by atoms with Gasteiger partial charge in [-0.1, -0.05) is 49.4 Å². The van der Waals surface area contributed by atoms with Crippen molar-refractivity contribution in [2.75, 3.05) is 0 Å². The summed E-state index contributed by atoms with van der Waals surface area (Å²) < 4.78 is 0. The topological polar surface area (TPSA) is 46.6 Å². The van der Waals surface area contributed by atoms with Gasteiger partial charge in [0.15, 0.2) is 5.78 Å². The van der Waals surface area contributed by atoms with E-state index in [1.807, 2.05) is 36.4 Å². The van der Waals surface area contributed by atoms with Gasteiger partial charge in [0.1, 0.15) is 12.6 Å². The fraction of sp³-hybridized carbons (Fsp3) is 0.333. The number of hydroxylamine groups is 2. The lowest BCUT2D eigenvalue weighted by Crippen LogP contribution is -2.52. The van der Waals surface area contributed by atoms with Crippen molar-refractivity contribution < 1.29 is 14.4 Å². The van der Waals surface area contributed by atoms with E-state index in [2.05, 4.69) is 0 Å². The summed E-state index contributed by atoms with van der Waals surface area (Å²) in [6, 6.07) is 9.05. The molecule has 0 N–H and O–H groups in total. The molecule has 3 rings (SSSR count). The molecule has 1 aliphatic heterocycles. The van der Waals surface area contributed by atoms with Gasteiger partial charge >= 0.3 is 0 Å². The lowest BCUT2D eigenvalue weighted by Gasteiger charge is -2.34. The van der Waals surface area contributed by atoms with Gasteiger partial charge in [0.2, 0.25) is 0 Å². The molecule has 1 aliphatic carbocycles. The monoisotopic (exact) mass is 257 g/mol. The van der Waals surface area contributed by atoms with E-state index in [0.29, 0.717) is 6.61 Å². The van der Waals surface area contributed by atoms with Crippen molar-refractivity contribution >= 4 is 11.7 Å². The van der Waals surface area contributed by atoms with Gasteiger partial charge in [-0.3, -0.25) is 14.4 Å². The number of amides is 1. The summed E-state index contributed by atoms with van der Waals surface area (Å²) >= 11 is 0. The van der Waals surface area contributed by atoms with Gasteiger partial charge < -0.3 is 0 Å². The molecule has 0 aromatic heterocycles. The molecule has 4 nitrogen and oxygen atoms in total. The van der Waals surface area contributed by atoms with E-state index in [4.69, 9.17) is 4.84 Å². The maximum atomic E-state index is 12.2. The molecule has 0 radical (unpaired) electrons. The third-order valence-corrected chi connectivity index (χ3v) is 3.73. The molecule has 2 bridgehead atoms. The molecule has 19 heavy (non-hydrogen) atoms. The van der Waals surface area contributed by atoms with Gasteiger partial charge in [-0.05, 0) is 5.56 Å². The summed E-state index contributed by atoms with van der Waals surface area (Å²) in [5.41, 5.74) is 0.972. The van der Waals surface area contributed by atoms with E-state index in [-0.39, 0.29) is 23.5 Å². The Kier molecular flexibility index (Phi) is 2.95. The second-order valence-corrected chi connectivity index (χ2v) is 4.97. The third kappa shape index (κ3) is 1.98. The van der Waals surface area contributed by atoms with Crippen LogP contribution in [-0.4, -0.2) is 22.8 Å². The van der Waals surface area contributed by atoms with E-state index in [1.54, 1.807) is 13.0 Å². The predicted molar refractivity (Wildman–Crippen MR) is 68.7 cm³/mol. The van der Waals surface area contributed by atoms with Crippen molar-refractivity contribution in [3.63, 3.8) is 0 Å². The number of carbonyl (C=O) groups is 2. The van der Waals surface area contributed by atoms with Crippen molar-refractivity contribution in [1.29, 1.82) is 0 Å². The second-order valence-electron chi connectivity index (χ2n) is 4.97. The summed E-state index contributed by atoms with van der Waals surface area (Å²) in [5, 5.41) is 1.24. The average Bonchev–Trinajstić information content (AvgIpc) is 2.75. The smallest absolute Gasteiger partial charge is 0.251 e. The molecular formula is C15H15NO3. The minimum atomic E-state index is -0.544. The Hall–Kier alpha value is -1.94. The van der Waals surface area contributed by atoms with Gasteiger partial charge in [-0.15, -0.1) is 0 Å². The van der Waals surface area contributed by atoms with Crippen LogP contribution >= 0.6 is 0 Å². The Balaban J connectivity index is 1.75. The highest BCUT2D eigenvalue weighted by Gasteiger charge is 2.48. The molecule has 4 heteroatoms. The molecule has 1 amide bonds. The minimum absolute atomic E-state index is 0.0557. The van der Waals surface area contributed by atoms with Crippen LogP contribution in [0.15, 0.2) is 42.5 Å². The Morgan fingerprint density at radius 1 is 1.16 bits per heavy atom. The third-order valence-electron chi connectivity index (χ3n) is 3.73. The highest BCUT2D eigenvalue weighted by atomic mass is 16.7. The molecule has 1 saturated heterocycles. The summed E-state index contributed by atoms with van der Waals surface area (Å²) in [6.45, 7) is 2.07. The Morgan fingerprint density at radius 2 is 1.89 bits per heavy atom. The number of fused-ring (bicyclic) bond motifs is 2. The normalized spacial score (nSPS) is 29.1. The van der Waals surface area contributed by atoms with E-state index in [1.165, 1.54) is 5.06 Å². The molecule has 2 aliphatic rings. The first-order valence-electron chi connectivity index (χ1n) is 6.40. The van der Waals surface area contributed by atoms with Crippen molar-refractivity contribution in [2.45, 2.75) is 19.6 Å². The van der Waals surface area contributed by atoms with Crippen LogP contribution in [0.25, 0.3) is 0 Å². The van der Waals surface area contributed by atoms with Gasteiger partial charge in [0.25, 0.3) is 5.91 Å². The summed E-state index contributed by atoms with van der Waals surface area (Å²) in [4.78, 5) is 29.8. The number of carbonyl (C=O) groups excluding carboxylic acids is 2. The van der Waals surface area contributed by atoms with Crippen LogP contribution in [0.3, 0.4) is 0 Å². The minimum Gasteiger partial charge on any atom is -0.296 e. The van der Waals surface area contributed by atoms with Crippen LogP contribution in [0.5, 0.6) is 0 Å². The van der Waals surface area contributed by atoms with Crippen LogP contribution < -0.4 is 0 Å². The Morgan fingerprint density at radius 3 is 2.63 bits per heavy atom. The van der Waals surface area contributed by atoms with Crippen molar-refractivity contribution in [3.8, 4) is 0 Å². The van der Waals surface area contributed by atoms with Gasteiger partial charge in [0.05, 0.1) is 5.92 Å². The zero-order valence-electron chi connectivity index (χ0n) is 10.7. The highest BCUT2D eigenvalue weighted by molar-refractivity contribution is 6.02. The highest BCUT2D eigenvalue weighted by Crippen LogP contribution is 2.33. The van der Waals surface area contributed by atoms with Gasteiger partial charge in [0, 0.05) is 5.92 Å². The number of allylic oxidation sites excluding steroid dienone is 1. The summed E-state index contributed by atoms with van der Waals surface area (Å²) in [5.74, 6) is -0.664. The molecule has 1 fully saturated rings. The summed E-state index contributed by atoms with van der Waals surface area (Å²) in [6.07, 6.45) is 3.58. The second kappa shape index (κ2) is 4.63. The number of nitrogens with zero attached hydrogens (tertiary/aromatic N) is 1. The quantitative estimate of drug-likeness (QED) is 0.775. The maximum absolute atomic E-state index is 12.2. The van der Waals surface area contributed by atoms with Crippen LogP contribution in [-0.2, 0) is 21.0 Å². The van der Waals surface area contributed by atoms with E-state index in [9.17, 15) is 9.59 Å². The zero-order chi connectivity index (χ0) is 13.4. The van der Waals surface area contributed by atoms with E-state index < -0.39 is 6.04 Å². The van der Waals surface area contributed by atoms with Crippen molar-refractivity contribution in [1.82, 2.24) is 5.06 Å². The number of hydrogen-bond acceptors (Lipinski definition) is 3. The SMILES string of the molecule is C[C@@H]1C(=O)N(OCc2ccccc2)[C@H]2C=C[C@H]1C2=O. The lowest BCUT2D eigenvalue weighted by molar-refractivity contribution is -0.211. The molecule has 1 aromatic carbocycles. The molecule has 0 unspecified atom stereocenters. The first-order chi connectivity index (χ1) is 9.18. The van der Waals surface area contributed by atoms with Crippen LogP contribution in [0, 0.1) is 11.8 Å². The van der Waals surface area contributed by atoms with Gasteiger partial charge in [-0.2, -0.15) is 0 Å². The molecule has 0 spiro atoms. The first kappa shape index (κ1) is 12.1. The summed E-state index contributed by atoms with van der Waals surface area (Å²) in [7, 11) is 0. The molecular weight excluding hydrogens is 242 g/mol. The number of piperidine rings is 1. The molecule has 1 heterocycles. The number of Topliss-reactive ketones (excluding diaryl/α,β-unsaturated/α-hetero) is 1. The Labute approximate surface area is 111 Å². The molecule has 1 aromatic rings. The standard InChI is InChI=1S/C15H15NO3/c1-10-12-7-8-13(14(12)17)16(15(10)18)19-9-11-5-3-2-4-6-11/h2-8,10,12-13H,9H2,1H3/t10-,12+,13-/m0/s1. The number of benzene rings is 1. The zero-order valence-corrected chi connectivity index (χ0v) is 10.7. The van der Waals surface area contributed by atoms with Crippen molar-refractivity contribution in [3.05, 3.63) is 48.0 Å². The van der Waals surface area contributed by atoms with Crippen LogP contribution in [0.1, 0.15) is 12.5 Å². The Bertz CT molecular complexity index is 538. The fourth-order valence-electron chi connectivity index (χ4n) is 2.57.